The van der Waals surface area contributed by atoms with E-state index >= 15 is 0 Å². The molecule has 0 saturated carbocycles. The van der Waals surface area contributed by atoms with Crippen LogP contribution < -0.4 is 10.6 Å². The van der Waals surface area contributed by atoms with E-state index in [4.69, 9.17) is 0 Å². The number of aromatic nitrogens is 1. The Bertz CT molecular complexity index is 771. The van der Waals surface area contributed by atoms with Gasteiger partial charge in [0.05, 0.1) is 11.9 Å². The second-order valence-electron chi connectivity index (χ2n) is 6.81. The van der Waals surface area contributed by atoms with Crippen molar-refractivity contribution < 1.29 is 9.59 Å². The molecule has 1 aromatic heterocycles. The van der Waals surface area contributed by atoms with Gasteiger partial charge >= 0.3 is 0 Å². The minimum absolute atomic E-state index is 0.00256. The average Bonchev–Trinajstić information content (AvgIpc) is 2.63. The molecule has 136 valence electrons. The quantitative estimate of drug-likeness (QED) is 0.881. The molecule has 2 aromatic rings. The molecular formula is C20H24N4O2. The van der Waals surface area contributed by atoms with E-state index in [0.29, 0.717) is 11.6 Å². The molecule has 0 aliphatic carbocycles. The molecule has 0 bridgehead atoms. The molecule has 1 aromatic carbocycles. The lowest BCUT2D eigenvalue weighted by atomic mass is 10.00. The topological polar surface area (TPSA) is 74.3 Å². The second kappa shape index (κ2) is 7.99. The number of carbonyl (C=O) groups is 2. The third-order valence-electron chi connectivity index (χ3n) is 4.42. The van der Waals surface area contributed by atoms with Crippen molar-refractivity contribution in [3.05, 3.63) is 48.3 Å². The molecule has 2 heterocycles. The van der Waals surface area contributed by atoms with Crippen molar-refractivity contribution in [3.8, 4) is 0 Å². The lowest BCUT2D eigenvalue weighted by Crippen LogP contribution is -2.39. The Morgan fingerprint density at radius 3 is 2.38 bits per heavy atom. The zero-order valence-corrected chi connectivity index (χ0v) is 15.2. The minimum Gasteiger partial charge on any atom is -0.354 e. The van der Waals surface area contributed by atoms with Crippen molar-refractivity contribution >= 4 is 28.9 Å². The van der Waals surface area contributed by atoms with Gasteiger partial charge in [-0.15, -0.1) is 0 Å². The maximum Gasteiger partial charge on any atom is 0.272 e. The molecule has 2 amide bonds. The molecule has 1 unspecified atom stereocenters. The van der Waals surface area contributed by atoms with Crippen LogP contribution in [0.25, 0.3) is 0 Å². The summed E-state index contributed by atoms with van der Waals surface area (Å²) in [5, 5.41) is 5.97. The van der Waals surface area contributed by atoms with Crippen LogP contribution in [0.5, 0.6) is 0 Å². The first-order valence-corrected chi connectivity index (χ1v) is 8.91. The highest BCUT2D eigenvalue weighted by Crippen LogP contribution is 2.20. The van der Waals surface area contributed by atoms with E-state index in [1.54, 1.807) is 12.3 Å². The number of hydrogen-bond donors (Lipinski definition) is 2. The molecule has 26 heavy (non-hydrogen) atoms. The zero-order valence-electron chi connectivity index (χ0n) is 15.2. The number of likely N-dealkylation sites (tertiary alicyclic amines) is 1. The summed E-state index contributed by atoms with van der Waals surface area (Å²) in [7, 11) is 0. The number of amides is 2. The predicted molar refractivity (Wildman–Crippen MR) is 103 cm³/mol. The van der Waals surface area contributed by atoms with E-state index < -0.39 is 0 Å². The Balaban J connectivity index is 1.62. The molecule has 0 radical (unpaired) electrons. The summed E-state index contributed by atoms with van der Waals surface area (Å²) in [6.07, 6.45) is 3.91. The van der Waals surface area contributed by atoms with Gasteiger partial charge in [-0.25, -0.2) is 4.98 Å². The van der Waals surface area contributed by atoms with Crippen LogP contribution in [-0.4, -0.2) is 34.8 Å². The second-order valence-corrected chi connectivity index (χ2v) is 6.81. The molecule has 1 atom stereocenters. The maximum atomic E-state index is 12.5. The number of benzene rings is 1. The normalized spacial score (nSPS) is 16.8. The first kappa shape index (κ1) is 17.9. The highest BCUT2D eigenvalue weighted by Gasteiger charge is 2.22. The third kappa shape index (κ3) is 4.59. The van der Waals surface area contributed by atoms with Gasteiger partial charge in [0.2, 0.25) is 5.91 Å². The molecule has 1 fully saturated rings. The number of anilines is 3. The fraction of sp³-hybridized carbons (Fsp3) is 0.350. The Kier molecular flexibility index (Phi) is 5.51. The van der Waals surface area contributed by atoms with Gasteiger partial charge < -0.3 is 15.5 Å². The van der Waals surface area contributed by atoms with Crippen LogP contribution in [0, 0.1) is 5.92 Å². The molecule has 3 rings (SSSR count). The summed E-state index contributed by atoms with van der Waals surface area (Å²) < 4.78 is 0. The average molecular weight is 352 g/mol. The Morgan fingerprint density at radius 1 is 1.08 bits per heavy atom. The predicted octanol–water partition coefficient (Wildman–Crippen LogP) is 3.66. The molecule has 6 nitrogen and oxygen atoms in total. The van der Waals surface area contributed by atoms with Crippen molar-refractivity contribution in [1.29, 1.82) is 0 Å². The number of hydrogen-bond acceptors (Lipinski definition) is 4. The number of piperidine rings is 1. The Morgan fingerprint density at radius 2 is 1.77 bits per heavy atom. The number of rotatable bonds is 4. The molecule has 0 spiro atoms. The molecule has 2 N–H and O–H groups in total. The van der Waals surface area contributed by atoms with Gasteiger partial charge in [-0.05, 0) is 55.2 Å². The van der Waals surface area contributed by atoms with Gasteiger partial charge in [0.15, 0.2) is 0 Å². The third-order valence-corrected chi connectivity index (χ3v) is 4.42. The van der Waals surface area contributed by atoms with Gasteiger partial charge in [-0.3, -0.25) is 9.59 Å². The Hall–Kier alpha value is -2.89. The van der Waals surface area contributed by atoms with Crippen LogP contribution in [0.2, 0.25) is 0 Å². The van der Waals surface area contributed by atoms with E-state index in [2.05, 4.69) is 22.5 Å². The monoisotopic (exact) mass is 352 g/mol. The van der Waals surface area contributed by atoms with Crippen LogP contribution in [0.15, 0.2) is 42.6 Å². The number of carbonyl (C=O) groups excluding carboxylic acids is 2. The highest BCUT2D eigenvalue weighted by molar-refractivity contribution is 5.92. The van der Waals surface area contributed by atoms with Crippen molar-refractivity contribution in [2.24, 2.45) is 5.92 Å². The van der Waals surface area contributed by atoms with Crippen LogP contribution in [0.3, 0.4) is 0 Å². The molecule has 1 aliphatic heterocycles. The van der Waals surface area contributed by atoms with Crippen molar-refractivity contribution in [2.75, 3.05) is 23.7 Å². The molecular weight excluding hydrogens is 328 g/mol. The largest absolute Gasteiger partial charge is 0.354 e. The standard InChI is InChI=1S/C20H24N4O2/c1-14-4-3-11-24(13-14)20(26)19-10-9-18(12-21-19)23-17-7-5-16(6-8-17)22-15(2)25/h5-10,12,14,23H,3-4,11,13H2,1-2H3,(H,22,25). The molecule has 6 heteroatoms. The van der Waals surface area contributed by atoms with E-state index in [1.165, 1.54) is 13.3 Å². The first-order valence-electron chi connectivity index (χ1n) is 8.91. The highest BCUT2D eigenvalue weighted by atomic mass is 16.2. The lowest BCUT2D eigenvalue weighted by Gasteiger charge is -2.30. The van der Waals surface area contributed by atoms with Crippen LogP contribution in [-0.2, 0) is 4.79 Å². The molecule has 1 aliphatic rings. The van der Waals surface area contributed by atoms with E-state index in [0.717, 1.165) is 36.6 Å². The molecule has 1 saturated heterocycles. The fourth-order valence-electron chi connectivity index (χ4n) is 3.14. The number of pyridine rings is 1. The maximum absolute atomic E-state index is 12.5. The summed E-state index contributed by atoms with van der Waals surface area (Å²) in [6, 6.07) is 11.0. The van der Waals surface area contributed by atoms with Gasteiger partial charge in [-0.2, -0.15) is 0 Å². The summed E-state index contributed by atoms with van der Waals surface area (Å²) in [5.41, 5.74) is 2.91. The van der Waals surface area contributed by atoms with Crippen LogP contribution in [0.1, 0.15) is 37.2 Å². The van der Waals surface area contributed by atoms with Gasteiger partial charge in [0.25, 0.3) is 5.91 Å². The van der Waals surface area contributed by atoms with Crippen molar-refractivity contribution in [3.63, 3.8) is 0 Å². The fourth-order valence-corrected chi connectivity index (χ4v) is 3.14. The lowest BCUT2D eigenvalue weighted by molar-refractivity contribution is -0.114. The minimum atomic E-state index is -0.0988. The first-order chi connectivity index (χ1) is 12.5. The van der Waals surface area contributed by atoms with E-state index in [-0.39, 0.29) is 11.8 Å². The van der Waals surface area contributed by atoms with E-state index in [9.17, 15) is 9.59 Å². The number of nitrogens with one attached hydrogen (secondary N) is 2. The summed E-state index contributed by atoms with van der Waals surface area (Å²) in [6.45, 7) is 5.27. The van der Waals surface area contributed by atoms with Gasteiger partial charge in [-0.1, -0.05) is 6.92 Å². The summed E-state index contributed by atoms with van der Waals surface area (Å²) in [5.74, 6) is 0.454. The van der Waals surface area contributed by atoms with Gasteiger partial charge in [0.1, 0.15) is 5.69 Å². The zero-order chi connectivity index (χ0) is 18.5. The van der Waals surface area contributed by atoms with Gasteiger partial charge in [0, 0.05) is 31.4 Å². The van der Waals surface area contributed by atoms with Crippen molar-refractivity contribution in [2.45, 2.75) is 26.7 Å². The SMILES string of the molecule is CC(=O)Nc1ccc(Nc2ccc(C(=O)N3CCCC(C)C3)nc2)cc1. The van der Waals surface area contributed by atoms with E-state index in [1.807, 2.05) is 35.2 Å². The van der Waals surface area contributed by atoms with Crippen LogP contribution >= 0.6 is 0 Å². The summed E-state index contributed by atoms with van der Waals surface area (Å²) >= 11 is 0. The smallest absolute Gasteiger partial charge is 0.272 e. The van der Waals surface area contributed by atoms with Crippen LogP contribution in [0.4, 0.5) is 17.1 Å². The number of nitrogens with zero attached hydrogens (tertiary/aromatic N) is 2. The summed E-state index contributed by atoms with van der Waals surface area (Å²) in [4.78, 5) is 29.8. The van der Waals surface area contributed by atoms with Crippen molar-refractivity contribution in [1.82, 2.24) is 9.88 Å². The Labute approximate surface area is 153 Å².